The Kier molecular flexibility index (Phi) is 2.76. The van der Waals surface area contributed by atoms with Crippen molar-refractivity contribution in [3.8, 4) is 0 Å². The molecule has 0 aliphatic carbocycles. The molecule has 0 fully saturated rings. The van der Waals surface area contributed by atoms with Gasteiger partial charge in [-0.25, -0.2) is 0 Å². The van der Waals surface area contributed by atoms with E-state index in [1.54, 1.807) is 24.3 Å². The SMILES string of the molecule is O=C([O-])c1ccc(C2Nc3cccc4cccc(c34)N2)cc1. The summed E-state index contributed by atoms with van der Waals surface area (Å²) in [7, 11) is 0. The zero-order valence-electron chi connectivity index (χ0n) is 11.7. The van der Waals surface area contributed by atoms with Crippen LogP contribution in [0.25, 0.3) is 10.8 Å². The minimum absolute atomic E-state index is 0.101. The van der Waals surface area contributed by atoms with Crippen molar-refractivity contribution in [2.45, 2.75) is 6.17 Å². The molecule has 0 spiro atoms. The van der Waals surface area contributed by atoms with Crippen molar-refractivity contribution in [1.29, 1.82) is 0 Å². The zero-order valence-corrected chi connectivity index (χ0v) is 11.7. The number of carboxylic acids is 1. The number of hydrogen-bond donors (Lipinski definition) is 2. The Balaban J connectivity index is 1.73. The molecule has 0 saturated carbocycles. The van der Waals surface area contributed by atoms with Gasteiger partial charge in [-0.05, 0) is 28.6 Å². The molecule has 2 N–H and O–H groups in total. The molecule has 1 heterocycles. The minimum atomic E-state index is -1.16. The van der Waals surface area contributed by atoms with Crippen LogP contribution in [-0.2, 0) is 0 Å². The minimum Gasteiger partial charge on any atom is -0.545 e. The molecule has 3 aromatic rings. The summed E-state index contributed by atoms with van der Waals surface area (Å²) in [5, 5.41) is 20.1. The second kappa shape index (κ2) is 4.77. The Hall–Kier alpha value is -3.01. The van der Waals surface area contributed by atoms with Crippen LogP contribution >= 0.6 is 0 Å². The molecule has 108 valence electrons. The summed E-state index contributed by atoms with van der Waals surface area (Å²) in [5.41, 5.74) is 3.29. The number of anilines is 2. The highest BCUT2D eigenvalue weighted by Crippen LogP contribution is 2.38. The van der Waals surface area contributed by atoms with Gasteiger partial charge in [-0.1, -0.05) is 48.5 Å². The van der Waals surface area contributed by atoms with E-state index in [2.05, 4.69) is 34.9 Å². The number of rotatable bonds is 2. The van der Waals surface area contributed by atoms with Crippen LogP contribution in [0.2, 0.25) is 0 Å². The molecule has 3 aromatic carbocycles. The van der Waals surface area contributed by atoms with Crippen molar-refractivity contribution in [1.82, 2.24) is 0 Å². The second-order valence-electron chi connectivity index (χ2n) is 5.34. The van der Waals surface area contributed by atoms with Crippen LogP contribution < -0.4 is 15.7 Å². The molecule has 1 aliphatic rings. The first kappa shape index (κ1) is 12.7. The largest absolute Gasteiger partial charge is 0.545 e. The second-order valence-corrected chi connectivity index (χ2v) is 5.34. The quantitative estimate of drug-likeness (QED) is 0.761. The van der Waals surface area contributed by atoms with Crippen LogP contribution in [0.4, 0.5) is 11.4 Å². The van der Waals surface area contributed by atoms with Crippen LogP contribution in [0.5, 0.6) is 0 Å². The van der Waals surface area contributed by atoms with Gasteiger partial charge in [0, 0.05) is 16.8 Å². The van der Waals surface area contributed by atoms with E-state index in [0.29, 0.717) is 0 Å². The van der Waals surface area contributed by atoms with Gasteiger partial charge in [-0.2, -0.15) is 0 Å². The van der Waals surface area contributed by atoms with Gasteiger partial charge in [0.25, 0.3) is 0 Å². The molecule has 4 heteroatoms. The highest BCUT2D eigenvalue weighted by atomic mass is 16.4. The topological polar surface area (TPSA) is 64.2 Å². The van der Waals surface area contributed by atoms with Crippen molar-refractivity contribution in [3.63, 3.8) is 0 Å². The fourth-order valence-corrected chi connectivity index (χ4v) is 2.91. The number of hydrogen-bond acceptors (Lipinski definition) is 4. The Morgan fingerprint density at radius 3 is 2.00 bits per heavy atom. The summed E-state index contributed by atoms with van der Waals surface area (Å²) in [6, 6.07) is 19.0. The van der Waals surface area contributed by atoms with Gasteiger partial charge in [-0.3, -0.25) is 0 Å². The lowest BCUT2D eigenvalue weighted by Gasteiger charge is -2.30. The van der Waals surface area contributed by atoms with Crippen molar-refractivity contribution in [3.05, 3.63) is 71.8 Å². The van der Waals surface area contributed by atoms with Crippen LogP contribution in [-0.4, -0.2) is 5.97 Å². The smallest absolute Gasteiger partial charge is 0.123 e. The molecule has 4 nitrogen and oxygen atoms in total. The van der Waals surface area contributed by atoms with Crippen molar-refractivity contribution < 1.29 is 9.90 Å². The standard InChI is InChI=1S/C18H14N2O2/c21-18(22)13-9-7-12(8-10-13)17-19-14-5-1-3-11-4-2-6-15(20-17)16(11)14/h1-10,17,19-20H,(H,21,22)/p-1. The number of carbonyl (C=O) groups is 1. The number of nitrogens with one attached hydrogen (secondary N) is 2. The first-order valence-electron chi connectivity index (χ1n) is 7.08. The zero-order chi connectivity index (χ0) is 15.1. The molecule has 0 bridgehead atoms. The van der Waals surface area contributed by atoms with E-state index in [-0.39, 0.29) is 11.7 Å². The predicted octanol–water partition coefficient (Wildman–Crippen LogP) is 2.74. The predicted molar refractivity (Wildman–Crippen MR) is 84.7 cm³/mol. The van der Waals surface area contributed by atoms with Crippen LogP contribution in [0.1, 0.15) is 22.1 Å². The summed E-state index contributed by atoms with van der Waals surface area (Å²) in [6.07, 6.45) is -0.101. The monoisotopic (exact) mass is 289 g/mol. The van der Waals surface area contributed by atoms with E-state index in [4.69, 9.17) is 0 Å². The lowest BCUT2D eigenvalue weighted by Crippen LogP contribution is -2.24. The third kappa shape index (κ3) is 1.97. The maximum atomic E-state index is 10.8. The first-order valence-corrected chi connectivity index (χ1v) is 7.08. The number of aromatic carboxylic acids is 1. The third-order valence-corrected chi connectivity index (χ3v) is 3.98. The molecule has 0 atom stereocenters. The fraction of sp³-hybridized carbons (Fsp3) is 0.0556. The van der Waals surface area contributed by atoms with E-state index < -0.39 is 5.97 Å². The van der Waals surface area contributed by atoms with Gasteiger partial charge in [0.1, 0.15) is 6.17 Å². The van der Waals surface area contributed by atoms with E-state index in [0.717, 1.165) is 16.9 Å². The Bertz CT molecular complexity index is 831. The lowest BCUT2D eigenvalue weighted by atomic mass is 10.0. The average molecular weight is 289 g/mol. The maximum Gasteiger partial charge on any atom is 0.123 e. The van der Waals surface area contributed by atoms with E-state index >= 15 is 0 Å². The van der Waals surface area contributed by atoms with Gasteiger partial charge < -0.3 is 20.5 Å². The number of carbonyl (C=O) groups excluding carboxylic acids is 1. The van der Waals surface area contributed by atoms with Crippen molar-refractivity contribution in [2.24, 2.45) is 0 Å². The lowest BCUT2D eigenvalue weighted by molar-refractivity contribution is -0.255. The molecule has 22 heavy (non-hydrogen) atoms. The van der Waals surface area contributed by atoms with Gasteiger partial charge in [0.15, 0.2) is 0 Å². The van der Waals surface area contributed by atoms with E-state index in [1.165, 1.54) is 10.8 Å². The normalized spacial score (nSPS) is 13.5. The average Bonchev–Trinajstić information content (AvgIpc) is 2.55. The summed E-state index contributed by atoms with van der Waals surface area (Å²) in [4.78, 5) is 10.8. The van der Waals surface area contributed by atoms with E-state index in [9.17, 15) is 9.90 Å². The van der Waals surface area contributed by atoms with E-state index in [1.807, 2.05) is 12.1 Å². The molecule has 0 unspecified atom stereocenters. The maximum absolute atomic E-state index is 10.8. The molecule has 0 radical (unpaired) electrons. The van der Waals surface area contributed by atoms with Crippen molar-refractivity contribution >= 4 is 28.1 Å². The highest BCUT2D eigenvalue weighted by Gasteiger charge is 2.19. The molecule has 1 aliphatic heterocycles. The number of benzene rings is 3. The molecule has 0 saturated heterocycles. The summed E-state index contributed by atoms with van der Waals surface area (Å²) in [5.74, 6) is -1.16. The van der Waals surface area contributed by atoms with Gasteiger partial charge in [-0.15, -0.1) is 0 Å². The number of carboxylic acid groups (broad SMARTS) is 1. The molecular formula is C18H13N2O2-. The van der Waals surface area contributed by atoms with Gasteiger partial charge in [0.05, 0.1) is 5.97 Å². The third-order valence-electron chi connectivity index (χ3n) is 3.98. The van der Waals surface area contributed by atoms with Gasteiger partial charge >= 0.3 is 0 Å². The Morgan fingerprint density at radius 1 is 0.864 bits per heavy atom. The van der Waals surface area contributed by atoms with Crippen molar-refractivity contribution in [2.75, 3.05) is 10.6 Å². The summed E-state index contributed by atoms with van der Waals surface area (Å²) >= 11 is 0. The summed E-state index contributed by atoms with van der Waals surface area (Å²) < 4.78 is 0. The fourth-order valence-electron chi connectivity index (χ4n) is 2.91. The van der Waals surface area contributed by atoms with Crippen LogP contribution in [0.3, 0.4) is 0 Å². The Labute approximate surface area is 127 Å². The van der Waals surface area contributed by atoms with Crippen LogP contribution in [0.15, 0.2) is 60.7 Å². The summed E-state index contributed by atoms with van der Waals surface area (Å²) in [6.45, 7) is 0. The van der Waals surface area contributed by atoms with Gasteiger partial charge in [0.2, 0.25) is 0 Å². The molecule has 4 rings (SSSR count). The Morgan fingerprint density at radius 2 is 1.45 bits per heavy atom. The molecule has 0 amide bonds. The van der Waals surface area contributed by atoms with Crippen LogP contribution in [0, 0.1) is 0 Å². The molecule has 0 aromatic heterocycles. The first-order chi connectivity index (χ1) is 10.7. The molecular weight excluding hydrogens is 276 g/mol. The highest BCUT2D eigenvalue weighted by molar-refractivity contribution is 6.04.